The Bertz CT molecular complexity index is 991. The van der Waals surface area contributed by atoms with Gasteiger partial charge in [-0.15, -0.1) is 0 Å². The van der Waals surface area contributed by atoms with Gasteiger partial charge < -0.3 is 9.97 Å². The molecule has 0 aliphatic carbocycles. The van der Waals surface area contributed by atoms with Crippen molar-refractivity contribution in [3.63, 3.8) is 0 Å². The van der Waals surface area contributed by atoms with E-state index in [1.54, 1.807) is 0 Å². The molecule has 0 aromatic carbocycles. The standard InChI is InChI=1S/C17H10F2N6O/c18-11-9(16-22-5-6-23-16)1-3-20-13(11)15(26)14-12(19)10(2-4-21-14)17-24-7-8-25-17/h1-8H,(H,22,23)(H,24,25). The van der Waals surface area contributed by atoms with Crippen LogP contribution in [0.2, 0.25) is 0 Å². The highest BCUT2D eigenvalue weighted by Crippen LogP contribution is 2.25. The Labute approximate surface area is 145 Å². The van der Waals surface area contributed by atoms with E-state index in [1.165, 1.54) is 49.3 Å². The lowest BCUT2D eigenvalue weighted by molar-refractivity contribution is 0.102. The third kappa shape index (κ3) is 2.55. The molecule has 4 aromatic heterocycles. The fourth-order valence-corrected chi connectivity index (χ4v) is 2.51. The van der Waals surface area contributed by atoms with Crippen molar-refractivity contribution in [2.75, 3.05) is 0 Å². The van der Waals surface area contributed by atoms with E-state index in [2.05, 4.69) is 29.9 Å². The molecule has 0 amide bonds. The van der Waals surface area contributed by atoms with Gasteiger partial charge in [-0.3, -0.25) is 4.79 Å². The summed E-state index contributed by atoms with van der Waals surface area (Å²) in [7, 11) is 0. The van der Waals surface area contributed by atoms with Gasteiger partial charge in [-0.2, -0.15) is 0 Å². The Kier molecular flexibility index (Phi) is 3.81. The number of aromatic amines is 2. The number of aromatic nitrogens is 6. The van der Waals surface area contributed by atoms with Crippen LogP contribution in [-0.4, -0.2) is 35.7 Å². The van der Waals surface area contributed by atoms with Crippen LogP contribution in [0.5, 0.6) is 0 Å². The van der Waals surface area contributed by atoms with E-state index in [4.69, 9.17) is 0 Å². The summed E-state index contributed by atoms with van der Waals surface area (Å²) < 4.78 is 29.5. The average Bonchev–Trinajstić information content (AvgIpc) is 3.35. The number of nitrogens with zero attached hydrogens (tertiary/aromatic N) is 4. The largest absolute Gasteiger partial charge is 0.345 e. The van der Waals surface area contributed by atoms with Crippen LogP contribution < -0.4 is 0 Å². The van der Waals surface area contributed by atoms with Gasteiger partial charge >= 0.3 is 0 Å². The third-order valence-corrected chi connectivity index (χ3v) is 3.72. The number of carbonyl (C=O) groups is 1. The highest BCUT2D eigenvalue weighted by Gasteiger charge is 2.25. The number of ketones is 1. The Morgan fingerprint density at radius 1 is 0.731 bits per heavy atom. The molecule has 0 aliphatic heterocycles. The number of hydrogen-bond donors (Lipinski definition) is 2. The van der Waals surface area contributed by atoms with Crippen LogP contribution in [0, 0.1) is 11.6 Å². The van der Waals surface area contributed by atoms with Crippen LogP contribution in [-0.2, 0) is 0 Å². The van der Waals surface area contributed by atoms with Gasteiger partial charge in [0.05, 0.1) is 11.1 Å². The molecule has 7 nitrogen and oxygen atoms in total. The summed E-state index contributed by atoms with van der Waals surface area (Å²) in [6.45, 7) is 0. The van der Waals surface area contributed by atoms with Gasteiger partial charge in [0.15, 0.2) is 11.6 Å². The molecule has 128 valence electrons. The predicted molar refractivity (Wildman–Crippen MR) is 87.0 cm³/mol. The Hall–Kier alpha value is -3.75. The number of rotatable bonds is 4. The summed E-state index contributed by atoms with van der Waals surface area (Å²) in [5.41, 5.74) is -0.976. The molecule has 4 rings (SSSR count). The van der Waals surface area contributed by atoms with Gasteiger partial charge in [0.25, 0.3) is 0 Å². The lowest BCUT2D eigenvalue weighted by Gasteiger charge is -2.07. The fraction of sp³-hybridized carbons (Fsp3) is 0. The van der Waals surface area contributed by atoms with Crippen molar-refractivity contribution in [2.45, 2.75) is 0 Å². The summed E-state index contributed by atoms with van der Waals surface area (Å²) in [5.74, 6) is -2.32. The van der Waals surface area contributed by atoms with Gasteiger partial charge in [0.2, 0.25) is 5.78 Å². The topological polar surface area (TPSA) is 100 Å². The molecule has 2 N–H and O–H groups in total. The quantitative estimate of drug-likeness (QED) is 0.550. The minimum absolute atomic E-state index is 0.0518. The monoisotopic (exact) mass is 352 g/mol. The van der Waals surface area contributed by atoms with E-state index >= 15 is 0 Å². The fourth-order valence-electron chi connectivity index (χ4n) is 2.51. The van der Waals surface area contributed by atoms with E-state index in [9.17, 15) is 13.6 Å². The average molecular weight is 352 g/mol. The molecule has 4 aromatic rings. The molecular weight excluding hydrogens is 342 g/mol. The molecule has 0 radical (unpaired) electrons. The predicted octanol–water partition coefficient (Wildman–Crippen LogP) is 2.77. The number of nitrogens with one attached hydrogen (secondary N) is 2. The SMILES string of the molecule is O=C(c1nccc(-c2ncc[nH]2)c1F)c1nccc(-c2ncc[nH]2)c1F. The molecule has 0 bridgehead atoms. The zero-order valence-corrected chi connectivity index (χ0v) is 13.1. The summed E-state index contributed by atoms with van der Waals surface area (Å²) >= 11 is 0. The van der Waals surface area contributed by atoms with Crippen molar-refractivity contribution in [3.8, 4) is 22.8 Å². The number of pyridine rings is 2. The van der Waals surface area contributed by atoms with Gasteiger partial charge in [0.1, 0.15) is 23.0 Å². The molecular formula is C17H10F2N6O. The third-order valence-electron chi connectivity index (χ3n) is 3.72. The first-order valence-corrected chi connectivity index (χ1v) is 7.50. The van der Waals surface area contributed by atoms with Crippen LogP contribution >= 0.6 is 0 Å². The number of imidazole rings is 2. The molecule has 0 saturated carbocycles. The molecule has 4 heterocycles. The maximum atomic E-state index is 14.8. The van der Waals surface area contributed by atoms with E-state index in [0.717, 1.165) is 0 Å². The van der Waals surface area contributed by atoms with E-state index < -0.39 is 28.8 Å². The maximum absolute atomic E-state index is 14.8. The summed E-state index contributed by atoms with van der Waals surface area (Å²) in [5, 5.41) is 0. The zero-order valence-electron chi connectivity index (χ0n) is 13.1. The van der Waals surface area contributed by atoms with Crippen molar-refractivity contribution in [3.05, 3.63) is 72.3 Å². The second-order valence-electron chi connectivity index (χ2n) is 5.25. The van der Waals surface area contributed by atoms with Crippen LogP contribution in [0.15, 0.2) is 49.3 Å². The lowest BCUT2D eigenvalue weighted by atomic mass is 10.1. The van der Waals surface area contributed by atoms with Crippen molar-refractivity contribution in [2.24, 2.45) is 0 Å². The van der Waals surface area contributed by atoms with E-state index in [1.807, 2.05) is 0 Å². The molecule has 0 unspecified atom stereocenters. The van der Waals surface area contributed by atoms with Crippen LogP contribution in [0.3, 0.4) is 0 Å². The molecule has 0 atom stereocenters. The number of carbonyl (C=O) groups excluding carboxylic acids is 1. The first-order chi connectivity index (χ1) is 12.7. The summed E-state index contributed by atoms with van der Waals surface area (Å²) in [6, 6.07) is 2.74. The maximum Gasteiger partial charge on any atom is 0.235 e. The van der Waals surface area contributed by atoms with Crippen LogP contribution in [0.25, 0.3) is 22.8 Å². The van der Waals surface area contributed by atoms with E-state index in [0.29, 0.717) is 0 Å². The Balaban J connectivity index is 1.80. The summed E-state index contributed by atoms with van der Waals surface area (Å²) in [6.07, 6.45) is 8.44. The van der Waals surface area contributed by atoms with Crippen molar-refractivity contribution >= 4 is 5.78 Å². The first kappa shape index (κ1) is 15.8. The second-order valence-corrected chi connectivity index (χ2v) is 5.25. The van der Waals surface area contributed by atoms with Crippen molar-refractivity contribution in [1.82, 2.24) is 29.9 Å². The molecule has 0 spiro atoms. The smallest absolute Gasteiger partial charge is 0.235 e. The van der Waals surface area contributed by atoms with Crippen LogP contribution in [0.4, 0.5) is 8.78 Å². The van der Waals surface area contributed by atoms with Gasteiger partial charge in [0, 0.05) is 37.2 Å². The van der Waals surface area contributed by atoms with Crippen molar-refractivity contribution in [1.29, 1.82) is 0 Å². The number of halogens is 2. The van der Waals surface area contributed by atoms with Gasteiger partial charge in [-0.1, -0.05) is 0 Å². The normalized spacial score (nSPS) is 10.8. The second kappa shape index (κ2) is 6.28. The van der Waals surface area contributed by atoms with Crippen LogP contribution in [0.1, 0.15) is 16.2 Å². The number of hydrogen-bond acceptors (Lipinski definition) is 5. The Morgan fingerprint density at radius 3 is 1.58 bits per heavy atom. The van der Waals surface area contributed by atoms with Crippen molar-refractivity contribution < 1.29 is 13.6 Å². The first-order valence-electron chi connectivity index (χ1n) is 7.50. The number of H-pyrrole nitrogens is 2. The van der Waals surface area contributed by atoms with Gasteiger partial charge in [-0.25, -0.2) is 28.7 Å². The molecule has 26 heavy (non-hydrogen) atoms. The molecule has 0 aliphatic rings. The Morgan fingerprint density at radius 2 is 1.19 bits per heavy atom. The van der Waals surface area contributed by atoms with E-state index in [-0.39, 0.29) is 22.8 Å². The minimum Gasteiger partial charge on any atom is -0.345 e. The zero-order chi connectivity index (χ0) is 18.1. The molecule has 0 fully saturated rings. The van der Waals surface area contributed by atoms with Gasteiger partial charge in [-0.05, 0) is 12.1 Å². The summed E-state index contributed by atoms with van der Waals surface area (Å²) in [4.78, 5) is 33.6. The lowest BCUT2D eigenvalue weighted by Crippen LogP contribution is -2.13. The molecule has 9 heteroatoms. The minimum atomic E-state index is -0.971. The highest BCUT2D eigenvalue weighted by molar-refractivity contribution is 6.07. The highest BCUT2D eigenvalue weighted by atomic mass is 19.1. The molecule has 0 saturated heterocycles.